The number of carboxylic acids is 1. The van der Waals surface area contributed by atoms with E-state index >= 15 is 0 Å². The first-order chi connectivity index (χ1) is 10.5. The molecule has 0 atom stereocenters. The second kappa shape index (κ2) is 5.50. The first-order valence-electron chi connectivity index (χ1n) is 7.13. The summed E-state index contributed by atoms with van der Waals surface area (Å²) in [6.45, 7) is 3.96. The maximum atomic E-state index is 11.9. The van der Waals surface area contributed by atoms with Gasteiger partial charge in [0.05, 0.1) is 0 Å². The SMILES string of the molecule is CC(C)n1c(C(=O)O)c(-c2ccccc2)c2cc(Cl)ccc21. The van der Waals surface area contributed by atoms with E-state index in [1.807, 2.05) is 60.9 Å². The number of hydrogen-bond acceptors (Lipinski definition) is 1. The molecule has 3 aromatic rings. The largest absolute Gasteiger partial charge is 0.477 e. The third-order valence-electron chi connectivity index (χ3n) is 3.75. The zero-order valence-electron chi connectivity index (χ0n) is 12.4. The third-order valence-corrected chi connectivity index (χ3v) is 3.98. The van der Waals surface area contributed by atoms with Crippen LogP contribution < -0.4 is 0 Å². The summed E-state index contributed by atoms with van der Waals surface area (Å²) in [5.74, 6) is -0.931. The average molecular weight is 314 g/mol. The lowest BCUT2D eigenvalue weighted by molar-refractivity contribution is 0.0685. The van der Waals surface area contributed by atoms with Crippen molar-refractivity contribution in [2.24, 2.45) is 0 Å². The molecule has 0 saturated carbocycles. The van der Waals surface area contributed by atoms with Gasteiger partial charge in [0.1, 0.15) is 5.69 Å². The van der Waals surface area contributed by atoms with E-state index in [0.29, 0.717) is 10.7 Å². The number of hydrogen-bond donors (Lipinski definition) is 1. The van der Waals surface area contributed by atoms with Crippen LogP contribution in [0.5, 0.6) is 0 Å². The molecule has 22 heavy (non-hydrogen) atoms. The van der Waals surface area contributed by atoms with Gasteiger partial charge in [0.2, 0.25) is 0 Å². The van der Waals surface area contributed by atoms with Crippen molar-refractivity contribution in [1.82, 2.24) is 4.57 Å². The predicted molar refractivity (Wildman–Crippen MR) is 89.7 cm³/mol. The van der Waals surface area contributed by atoms with Crippen molar-refractivity contribution in [3.8, 4) is 11.1 Å². The topological polar surface area (TPSA) is 42.2 Å². The Morgan fingerprint density at radius 3 is 2.41 bits per heavy atom. The molecular weight excluding hydrogens is 298 g/mol. The molecule has 2 aromatic carbocycles. The Labute approximate surface area is 133 Å². The van der Waals surface area contributed by atoms with Gasteiger partial charge in [0, 0.05) is 27.5 Å². The van der Waals surface area contributed by atoms with Gasteiger partial charge in [-0.05, 0) is 37.6 Å². The molecule has 0 aliphatic rings. The summed E-state index contributed by atoms with van der Waals surface area (Å²) in [6, 6.07) is 15.1. The Balaban J connectivity index is 2.50. The fourth-order valence-corrected chi connectivity index (χ4v) is 3.10. The van der Waals surface area contributed by atoms with E-state index in [9.17, 15) is 9.90 Å². The number of rotatable bonds is 3. The molecule has 1 heterocycles. The second-order valence-corrected chi connectivity index (χ2v) is 5.96. The third kappa shape index (κ3) is 2.28. The number of aromatic carboxylic acids is 1. The van der Waals surface area contributed by atoms with Gasteiger partial charge < -0.3 is 9.67 Å². The number of halogens is 1. The van der Waals surface area contributed by atoms with Crippen molar-refractivity contribution < 1.29 is 9.90 Å². The highest BCUT2D eigenvalue weighted by atomic mass is 35.5. The number of carboxylic acid groups (broad SMARTS) is 1. The Kier molecular flexibility index (Phi) is 3.67. The quantitative estimate of drug-likeness (QED) is 0.718. The van der Waals surface area contributed by atoms with Crippen molar-refractivity contribution >= 4 is 28.5 Å². The van der Waals surface area contributed by atoms with Gasteiger partial charge in [-0.15, -0.1) is 0 Å². The molecule has 0 saturated heterocycles. The Morgan fingerprint density at radius 1 is 1.14 bits per heavy atom. The van der Waals surface area contributed by atoms with Gasteiger partial charge in [-0.3, -0.25) is 0 Å². The minimum absolute atomic E-state index is 0.0345. The highest BCUT2D eigenvalue weighted by Gasteiger charge is 2.24. The van der Waals surface area contributed by atoms with E-state index in [4.69, 9.17) is 11.6 Å². The highest BCUT2D eigenvalue weighted by molar-refractivity contribution is 6.31. The molecule has 0 amide bonds. The summed E-state index contributed by atoms with van der Waals surface area (Å²) in [5, 5.41) is 11.2. The van der Waals surface area contributed by atoms with Crippen molar-refractivity contribution in [2.45, 2.75) is 19.9 Å². The van der Waals surface area contributed by atoms with Crippen molar-refractivity contribution in [1.29, 1.82) is 0 Å². The number of fused-ring (bicyclic) bond motifs is 1. The molecule has 0 spiro atoms. The van der Waals surface area contributed by atoms with Crippen LogP contribution in [0.1, 0.15) is 30.4 Å². The fraction of sp³-hybridized carbons (Fsp3) is 0.167. The van der Waals surface area contributed by atoms with Crippen LogP contribution in [-0.4, -0.2) is 15.6 Å². The number of nitrogens with zero attached hydrogens (tertiary/aromatic N) is 1. The zero-order chi connectivity index (χ0) is 15.9. The molecule has 0 fully saturated rings. The van der Waals surface area contributed by atoms with Crippen LogP contribution in [0.3, 0.4) is 0 Å². The van der Waals surface area contributed by atoms with E-state index in [2.05, 4.69) is 0 Å². The normalized spacial score (nSPS) is 11.3. The molecule has 3 rings (SSSR count). The van der Waals surface area contributed by atoms with E-state index in [0.717, 1.165) is 22.0 Å². The minimum atomic E-state index is -0.931. The van der Waals surface area contributed by atoms with Gasteiger partial charge in [-0.25, -0.2) is 4.79 Å². The van der Waals surface area contributed by atoms with Crippen molar-refractivity contribution in [2.75, 3.05) is 0 Å². The van der Waals surface area contributed by atoms with Crippen LogP contribution in [0.4, 0.5) is 0 Å². The van der Waals surface area contributed by atoms with Crippen molar-refractivity contribution in [3.63, 3.8) is 0 Å². The van der Waals surface area contributed by atoms with Crippen LogP contribution >= 0.6 is 11.6 Å². The summed E-state index contributed by atoms with van der Waals surface area (Å²) in [5.41, 5.74) is 2.79. The van der Waals surface area contributed by atoms with E-state index < -0.39 is 5.97 Å². The number of aromatic nitrogens is 1. The fourth-order valence-electron chi connectivity index (χ4n) is 2.93. The average Bonchev–Trinajstić information content (AvgIpc) is 2.82. The molecular formula is C18H16ClNO2. The van der Waals surface area contributed by atoms with E-state index in [1.54, 1.807) is 6.07 Å². The zero-order valence-corrected chi connectivity index (χ0v) is 13.1. The first kappa shape index (κ1) is 14.7. The monoisotopic (exact) mass is 313 g/mol. The smallest absolute Gasteiger partial charge is 0.353 e. The molecule has 3 nitrogen and oxygen atoms in total. The van der Waals surface area contributed by atoms with Gasteiger partial charge >= 0.3 is 5.97 Å². The van der Waals surface area contributed by atoms with Crippen molar-refractivity contribution in [3.05, 3.63) is 59.2 Å². The predicted octanol–water partition coefficient (Wildman–Crippen LogP) is 5.24. The lowest BCUT2D eigenvalue weighted by Crippen LogP contribution is -2.11. The van der Waals surface area contributed by atoms with E-state index in [1.165, 1.54) is 0 Å². The number of carbonyl (C=O) groups is 1. The Morgan fingerprint density at radius 2 is 1.82 bits per heavy atom. The summed E-state index contributed by atoms with van der Waals surface area (Å²) in [7, 11) is 0. The summed E-state index contributed by atoms with van der Waals surface area (Å²) < 4.78 is 1.86. The molecule has 0 bridgehead atoms. The lowest BCUT2D eigenvalue weighted by atomic mass is 10.0. The summed E-state index contributed by atoms with van der Waals surface area (Å²) >= 11 is 6.14. The van der Waals surface area contributed by atoms with Crippen LogP contribution in [0.25, 0.3) is 22.0 Å². The maximum Gasteiger partial charge on any atom is 0.353 e. The molecule has 0 unspecified atom stereocenters. The van der Waals surface area contributed by atoms with Crippen LogP contribution in [0, 0.1) is 0 Å². The van der Waals surface area contributed by atoms with Crippen LogP contribution in [0.2, 0.25) is 5.02 Å². The molecule has 1 aromatic heterocycles. The van der Waals surface area contributed by atoms with Gasteiger partial charge in [-0.1, -0.05) is 41.9 Å². The van der Waals surface area contributed by atoms with Gasteiger partial charge in [-0.2, -0.15) is 0 Å². The molecule has 4 heteroatoms. The van der Waals surface area contributed by atoms with Gasteiger partial charge in [0.25, 0.3) is 0 Å². The summed E-state index contributed by atoms with van der Waals surface area (Å²) in [4.78, 5) is 11.9. The minimum Gasteiger partial charge on any atom is -0.477 e. The molecule has 0 aliphatic heterocycles. The molecule has 112 valence electrons. The summed E-state index contributed by atoms with van der Waals surface area (Å²) in [6.07, 6.45) is 0. The Bertz CT molecular complexity index is 850. The molecule has 1 N–H and O–H groups in total. The second-order valence-electron chi connectivity index (χ2n) is 5.52. The highest BCUT2D eigenvalue weighted by Crippen LogP contribution is 2.38. The maximum absolute atomic E-state index is 11.9. The standard InChI is InChI=1S/C18H16ClNO2/c1-11(2)20-15-9-8-13(19)10-14(15)16(17(20)18(21)22)12-6-4-3-5-7-12/h3-11H,1-2H3,(H,21,22). The Hall–Kier alpha value is -2.26. The molecule has 0 aliphatic carbocycles. The van der Waals surface area contributed by atoms with Crippen LogP contribution in [-0.2, 0) is 0 Å². The molecule has 0 radical (unpaired) electrons. The van der Waals surface area contributed by atoms with Crippen LogP contribution in [0.15, 0.2) is 48.5 Å². The first-order valence-corrected chi connectivity index (χ1v) is 7.50. The van der Waals surface area contributed by atoms with Gasteiger partial charge in [0.15, 0.2) is 0 Å². The number of benzene rings is 2. The lowest BCUT2D eigenvalue weighted by Gasteiger charge is -2.13. The van der Waals surface area contributed by atoms with E-state index in [-0.39, 0.29) is 6.04 Å².